The van der Waals surface area contributed by atoms with E-state index in [4.69, 9.17) is 4.42 Å². The Balaban J connectivity index is 1.55. The molecule has 1 aliphatic heterocycles. The monoisotopic (exact) mass is 258 g/mol. The summed E-state index contributed by atoms with van der Waals surface area (Å²) in [5.41, 5.74) is 2.48. The minimum Gasteiger partial charge on any atom is -0.472 e. The van der Waals surface area contributed by atoms with Crippen LogP contribution in [0, 0.1) is 0 Å². The number of nitrogens with one attached hydrogen (secondary N) is 1. The first-order chi connectivity index (χ1) is 8.92. The molecule has 2 heterocycles. The van der Waals surface area contributed by atoms with Crippen molar-refractivity contribution in [3.63, 3.8) is 0 Å². The number of thioether (sulfide) groups is 1. The minimum absolute atomic E-state index is 0.443. The second-order valence-corrected chi connectivity index (χ2v) is 5.34. The van der Waals surface area contributed by atoms with Gasteiger partial charge >= 0.3 is 0 Å². The second kappa shape index (κ2) is 5.31. The number of furan rings is 1. The molecule has 92 valence electrons. The number of benzene rings is 1. The lowest BCUT2D eigenvalue weighted by Gasteiger charge is -2.08. The standard InChI is InChI=1S/C14H14N2OS/c1-2-4-12(5-3-1)13-9-16-14(18-13)15-8-11-6-7-17-10-11/h1-7,10,13H,8-9H2,(H,15,16). The zero-order valence-electron chi connectivity index (χ0n) is 9.87. The molecule has 1 aliphatic rings. The van der Waals surface area contributed by atoms with Crippen LogP contribution in [0.2, 0.25) is 0 Å². The van der Waals surface area contributed by atoms with Gasteiger partial charge in [-0.05, 0) is 11.6 Å². The van der Waals surface area contributed by atoms with E-state index in [1.807, 2.05) is 12.1 Å². The molecule has 0 saturated heterocycles. The van der Waals surface area contributed by atoms with Crippen LogP contribution < -0.4 is 5.32 Å². The van der Waals surface area contributed by atoms with E-state index in [1.54, 1.807) is 24.3 Å². The van der Waals surface area contributed by atoms with Gasteiger partial charge in [0.1, 0.15) is 0 Å². The Labute approximate surface area is 110 Å². The molecule has 1 atom stereocenters. The summed E-state index contributed by atoms with van der Waals surface area (Å²) in [6.45, 7) is 1.62. The van der Waals surface area contributed by atoms with Gasteiger partial charge < -0.3 is 9.73 Å². The Morgan fingerprint density at radius 2 is 2.17 bits per heavy atom. The minimum atomic E-state index is 0.443. The summed E-state index contributed by atoms with van der Waals surface area (Å²) in [6.07, 6.45) is 3.44. The Morgan fingerprint density at radius 1 is 1.28 bits per heavy atom. The summed E-state index contributed by atoms with van der Waals surface area (Å²) in [5, 5.41) is 4.80. The lowest BCUT2D eigenvalue weighted by molar-refractivity contribution is 0.563. The predicted octanol–water partition coefficient (Wildman–Crippen LogP) is 3.21. The van der Waals surface area contributed by atoms with Crippen LogP contribution in [-0.4, -0.2) is 11.7 Å². The average Bonchev–Trinajstić information content (AvgIpc) is 3.09. The van der Waals surface area contributed by atoms with Gasteiger partial charge in [-0.25, -0.2) is 0 Å². The van der Waals surface area contributed by atoms with Gasteiger partial charge in [-0.1, -0.05) is 42.1 Å². The number of amidine groups is 1. The lowest BCUT2D eigenvalue weighted by atomic mass is 10.1. The molecule has 3 rings (SSSR count). The van der Waals surface area contributed by atoms with Crippen LogP contribution in [0.1, 0.15) is 16.4 Å². The third kappa shape index (κ3) is 2.59. The fourth-order valence-corrected chi connectivity index (χ4v) is 2.90. The van der Waals surface area contributed by atoms with Crippen molar-refractivity contribution in [2.75, 3.05) is 6.54 Å². The zero-order chi connectivity index (χ0) is 12.2. The maximum Gasteiger partial charge on any atom is 0.157 e. The maximum atomic E-state index is 5.03. The van der Waals surface area contributed by atoms with Crippen molar-refractivity contribution >= 4 is 16.9 Å². The predicted molar refractivity (Wildman–Crippen MR) is 74.6 cm³/mol. The molecule has 4 heteroatoms. The molecule has 0 amide bonds. The molecule has 0 saturated carbocycles. The normalized spacial score (nSPS) is 18.7. The van der Waals surface area contributed by atoms with Crippen LogP contribution in [0.5, 0.6) is 0 Å². The van der Waals surface area contributed by atoms with Crippen molar-refractivity contribution in [3.8, 4) is 0 Å². The van der Waals surface area contributed by atoms with Crippen LogP contribution in [0.3, 0.4) is 0 Å². The fraction of sp³-hybridized carbons (Fsp3) is 0.214. The Morgan fingerprint density at radius 3 is 2.94 bits per heavy atom. The van der Waals surface area contributed by atoms with E-state index in [9.17, 15) is 0 Å². The van der Waals surface area contributed by atoms with Crippen LogP contribution in [-0.2, 0) is 6.54 Å². The fourth-order valence-electron chi connectivity index (χ4n) is 1.88. The summed E-state index contributed by atoms with van der Waals surface area (Å²) in [6, 6.07) is 12.5. The SMILES string of the molecule is c1ccc(C2CN=C(NCc3ccoc3)S2)cc1. The zero-order valence-corrected chi connectivity index (χ0v) is 10.7. The summed E-state index contributed by atoms with van der Waals surface area (Å²) >= 11 is 1.79. The van der Waals surface area contributed by atoms with Gasteiger partial charge in [0.05, 0.1) is 24.3 Å². The highest BCUT2D eigenvalue weighted by Crippen LogP contribution is 2.34. The topological polar surface area (TPSA) is 37.5 Å². The van der Waals surface area contributed by atoms with Gasteiger partial charge in [0.2, 0.25) is 0 Å². The van der Waals surface area contributed by atoms with Gasteiger partial charge in [-0.2, -0.15) is 0 Å². The molecular weight excluding hydrogens is 244 g/mol. The first-order valence-corrected chi connectivity index (χ1v) is 6.81. The van der Waals surface area contributed by atoms with Crippen molar-refractivity contribution < 1.29 is 4.42 Å². The molecule has 0 radical (unpaired) electrons. The quantitative estimate of drug-likeness (QED) is 0.918. The maximum absolute atomic E-state index is 5.03. The average molecular weight is 258 g/mol. The Kier molecular flexibility index (Phi) is 3.37. The highest BCUT2D eigenvalue weighted by atomic mass is 32.2. The first kappa shape index (κ1) is 11.4. The third-order valence-corrected chi connectivity index (χ3v) is 4.05. The Hall–Kier alpha value is -1.68. The van der Waals surface area contributed by atoms with Crippen LogP contribution in [0.15, 0.2) is 58.3 Å². The van der Waals surface area contributed by atoms with E-state index in [0.717, 1.165) is 23.8 Å². The largest absolute Gasteiger partial charge is 0.472 e. The van der Waals surface area contributed by atoms with E-state index in [2.05, 4.69) is 34.6 Å². The van der Waals surface area contributed by atoms with Crippen LogP contribution >= 0.6 is 11.8 Å². The van der Waals surface area contributed by atoms with Crippen LogP contribution in [0.25, 0.3) is 0 Å². The highest BCUT2D eigenvalue weighted by Gasteiger charge is 2.20. The molecule has 1 aromatic heterocycles. The number of aliphatic imine (C=N–C) groups is 1. The van der Waals surface area contributed by atoms with Crippen molar-refractivity contribution in [3.05, 3.63) is 60.1 Å². The molecular formula is C14H14N2OS. The van der Waals surface area contributed by atoms with Crippen molar-refractivity contribution in [1.29, 1.82) is 0 Å². The van der Waals surface area contributed by atoms with Crippen molar-refractivity contribution in [2.24, 2.45) is 4.99 Å². The summed E-state index contributed by atoms with van der Waals surface area (Å²) in [7, 11) is 0. The highest BCUT2D eigenvalue weighted by molar-refractivity contribution is 8.14. The molecule has 18 heavy (non-hydrogen) atoms. The molecule has 0 aliphatic carbocycles. The van der Waals surface area contributed by atoms with E-state index < -0.39 is 0 Å². The molecule has 1 aromatic carbocycles. The van der Waals surface area contributed by atoms with Crippen LogP contribution in [0.4, 0.5) is 0 Å². The van der Waals surface area contributed by atoms with Gasteiger partial charge in [0, 0.05) is 12.1 Å². The van der Waals surface area contributed by atoms with Gasteiger partial charge in [-0.15, -0.1) is 0 Å². The first-order valence-electron chi connectivity index (χ1n) is 5.93. The number of hydrogen-bond donors (Lipinski definition) is 1. The molecule has 3 nitrogen and oxygen atoms in total. The molecule has 1 N–H and O–H groups in total. The summed E-state index contributed by atoms with van der Waals surface area (Å²) < 4.78 is 5.03. The number of rotatable bonds is 3. The summed E-state index contributed by atoms with van der Waals surface area (Å²) in [4.78, 5) is 4.53. The second-order valence-electron chi connectivity index (χ2n) is 4.15. The van der Waals surface area contributed by atoms with E-state index in [0.29, 0.717) is 5.25 Å². The number of hydrogen-bond acceptors (Lipinski definition) is 4. The van der Waals surface area contributed by atoms with Gasteiger partial charge in [0.25, 0.3) is 0 Å². The van der Waals surface area contributed by atoms with E-state index in [1.165, 1.54) is 5.56 Å². The molecule has 1 unspecified atom stereocenters. The summed E-state index contributed by atoms with van der Waals surface area (Å²) in [5.74, 6) is 0. The lowest BCUT2D eigenvalue weighted by Crippen LogP contribution is -2.17. The third-order valence-electron chi connectivity index (χ3n) is 2.85. The molecule has 0 bridgehead atoms. The smallest absolute Gasteiger partial charge is 0.157 e. The van der Waals surface area contributed by atoms with Crippen molar-refractivity contribution in [2.45, 2.75) is 11.8 Å². The van der Waals surface area contributed by atoms with Gasteiger partial charge in [-0.3, -0.25) is 4.99 Å². The van der Waals surface area contributed by atoms with Gasteiger partial charge in [0.15, 0.2) is 5.17 Å². The van der Waals surface area contributed by atoms with E-state index >= 15 is 0 Å². The Bertz CT molecular complexity index is 522. The molecule has 2 aromatic rings. The van der Waals surface area contributed by atoms with Crippen molar-refractivity contribution in [1.82, 2.24) is 5.32 Å². The molecule has 0 fully saturated rings. The molecule has 0 spiro atoms. The number of nitrogens with zero attached hydrogens (tertiary/aromatic N) is 1. The van der Waals surface area contributed by atoms with E-state index in [-0.39, 0.29) is 0 Å².